The Hall–Kier alpha value is -0.800. The van der Waals surface area contributed by atoms with Crippen LogP contribution >= 0.6 is 23.2 Å². The van der Waals surface area contributed by atoms with Crippen LogP contribution in [0.15, 0.2) is 18.2 Å². The smallest absolute Gasteiger partial charge is 0.252 e. The van der Waals surface area contributed by atoms with E-state index in [1.165, 1.54) is 18.2 Å². The summed E-state index contributed by atoms with van der Waals surface area (Å²) in [5, 5.41) is 2.44. The van der Waals surface area contributed by atoms with E-state index in [9.17, 15) is 9.18 Å². The number of hydrogen-bond donors (Lipinski definition) is 1. The lowest BCUT2D eigenvalue weighted by molar-refractivity contribution is 0.0953. The molecule has 15 heavy (non-hydrogen) atoms. The molecule has 1 aromatic rings. The van der Waals surface area contributed by atoms with Crippen LogP contribution in [-0.2, 0) is 0 Å². The SMILES string of the molecule is O=C(NCCCCl)c1cccc(F)c1Cl. The van der Waals surface area contributed by atoms with Gasteiger partial charge in [-0.2, -0.15) is 0 Å². The number of carbonyl (C=O) groups excluding carboxylic acids is 1. The van der Waals surface area contributed by atoms with Crippen molar-refractivity contribution in [2.45, 2.75) is 6.42 Å². The average molecular weight is 250 g/mol. The van der Waals surface area contributed by atoms with Gasteiger partial charge >= 0.3 is 0 Å². The van der Waals surface area contributed by atoms with E-state index in [1.54, 1.807) is 0 Å². The Morgan fingerprint density at radius 1 is 1.47 bits per heavy atom. The Labute approximate surface area is 97.4 Å². The largest absolute Gasteiger partial charge is 0.352 e. The Kier molecular flexibility index (Phi) is 4.85. The summed E-state index contributed by atoms with van der Waals surface area (Å²) in [4.78, 5) is 11.5. The molecule has 0 bridgehead atoms. The van der Waals surface area contributed by atoms with Gasteiger partial charge in [0.15, 0.2) is 0 Å². The minimum absolute atomic E-state index is 0.145. The van der Waals surface area contributed by atoms with Crippen molar-refractivity contribution in [3.05, 3.63) is 34.6 Å². The lowest BCUT2D eigenvalue weighted by Crippen LogP contribution is -2.25. The quantitative estimate of drug-likeness (QED) is 0.646. The first-order valence-electron chi connectivity index (χ1n) is 4.45. The van der Waals surface area contributed by atoms with Gasteiger partial charge in [0.2, 0.25) is 0 Å². The summed E-state index contributed by atoms with van der Waals surface area (Å²) in [5.41, 5.74) is 0.145. The highest BCUT2D eigenvalue weighted by molar-refractivity contribution is 6.34. The first-order valence-corrected chi connectivity index (χ1v) is 5.36. The Bertz CT molecular complexity index is 357. The van der Waals surface area contributed by atoms with E-state index >= 15 is 0 Å². The van der Waals surface area contributed by atoms with Crippen molar-refractivity contribution in [3.8, 4) is 0 Å². The van der Waals surface area contributed by atoms with Gasteiger partial charge in [-0.05, 0) is 18.6 Å². The van der Waals surface area contributed by atoms with Crippen LogP contribution in [0.4, 0.5) is 4.39 Å². The van der Waals surface area contributed by atoms with Crippen LogP contribution in [0.3, 0.4) is 0 Å². The molecule has 1 N–H and O–H groups in total. The third kappa shape index (κ3) is 3.36. The molecule has 0 saturated carbocycles. The van der Waals surface area contributed by atoms with Crippen molar-refractivity contribution in [1.29, 1.82) is 0 Å². The summed E-state index contributed by atoms with van der Waals surface area (Å²) in [5.74, 6) is -0.511. The van der Waals surface area contributed by atoms with Gasteiger partial charge in [0, 0.05) is 12.4 Å². The number of alkyl halides is 1. The number of rotatable bonds is 4. The van der Waals surface area contributed by atoms with Crippen LogP contribution in [0.1, 0.15) is 16.8 Å². The van der Waals surface area contributed by atoms with Gasteiger partial charge < -0.3 is 5.32 Å². The fourth-order valence-electron chi connectivity index (χ4n) is 1.04. The molecule has 0 spiro atoms. The summed E-state index contributed by atoms with van der Waals surface area (Å²) in [6.45, 7) is 0.454. The fraction of sp³-hybridized carbons (Fsp3) is 0.300. The van der Waals surface area contributed by atoms with Crippen molar-refractivity contribution < 1.29 is 9.18 Å². The predicted octanol–water partition coefficient (Wildman–Crippen LogP) is 2.84. The first kappa shape index (κ1) is 12.3. The monoisotopic (exact) mass is 249 g/mol. The highest BCUT2D eigenvalue weighted by Gasteiger charge is 2.12. The highest BCUT2D eigenvalue weighted by Crippen LogP contribution is 2.19. The average Bonchev–Trinajstić information content (AvgIpc) is 2.22. The number of hydrogen-bond acceptors (Lipinski definition) is 1. The van der Waals surface area contributed by atoms with Gasteiger partial charge in [0.1, 0.15) is 5.82 Å². The van der Waals surface area contributed by atoms with Crippen LogP contribution < -0.4 is 5.32 Å². The van der Waals surface area contributed by atoms with Crippen molar-refractivity contribution in [2.24, 2.45) is 0 Å². The van der Waals surface area contributed by atoms with Crippen LogP contribution in [-0.4, -0.2) is 18.3 Å². The standard InChI is InChI=1S/C10H10Cl2FNO/c11-5-2-6-14-10(15)7-3-1-4-8(13)9(7)12/h1,3-4H,2,5-6H2,(H,14,15). The Morgan fingerprint density at radius 3 is 2.87 bits per heavy atom. The molecular formula is C10H10Cl2FNO. The lowest BCUT2D eigenvalue weighted by atomic mass is 10.2. The van der Waals surface area contributed by atoms with Crippen molar-refractivity contribution in [3.63, 3.8) is 0 Å². The molecule has 2 nitrogen and oxygen atoms in total. The van der Waals surface area contributed by atoms with Gasteiger partial charge in [0.25, 0.3) is 5.91 Å². The maximum Gasteiger partial charge on any atom is 0.252 e. The van der Waals surface area contributed by atoms with Gasteiger partial charge in [-0.25, -0.2) is 4.39 Å². The number of nitrogens with one attached hydrogen (secondary N) is 1. The second-order valence-corrected chi connectivity index (χ2v) is 3.66. The summed E-state index contributed by atoms with van der Waals surface area (Å²) in [7, 11) is 0. The number of carbonyl (C=O) groups is 1. The van der Waals surface area contributed by atoms with E-state index in [2.05, 4.69) is 5.32 Å². The van der Waals surface area contributed by atoms with Gasteiger partial charge in [0.05, 0.1) is 10.6 Å². The third-order valence-electron chi connectivity index (χ3n) is 1.79. The molecule has 1 aromatic carbocycles. The zero-order valence-corrected chi connectivity index (χ0v) is 9.41. The topological polar surface area (TPSA) is 29.1 Å². The van der Waals surface area contributed by atoms with E-state index in [1.807, 2.05) is 0 Å². The van der Waals surface area contributed by atoms with Crippen molar-refractivity contribution in [2.75, 3.05) is 12.4 Å². The fourth-order valence-corrected chi connectivity index (χ4v) is 1.39. The summed E-state index contributed by atoms with van der Waals surface area (Å²) in [6.07, 6.45) is 0.667. The van der Waals surface area contributed by atoms with E-state index in [-0.39, 0.29) is 16.5 Å². The number of halogens is 3. The Morgan fingerprint density at radius 2 is 2.20 bits per heavy atom. The molecule has 0 unspecified atom stereocenters. The van der Waals surface area contributed by atoms with Crippen molar-refractivity contribution in [1.82, 2.24) is 5.32 Å². The molecule has 0 aromatic heterocycles. The first-order chi connectivity index (χ1) is 7.16. The normalized spacial score (nSPS) is 10.1. The molecule has 0 radical (unpaired) electrons. The van der Waals surface area contributed by atoms with Crippen molar-refractivity contribution >= 4 is 29.1 Å². The van der Waals surface area contributed by atoms with E-state index < -0.39 is 5.82 Å². The molecular weight excluding hydrogens is 240 g/mol. The molecule has 0 heterocycles. The minimum Gasteiger partial charge on any atom is -0.352 e. The third-order valence-corrected chi connectivity index (χ3v) is 2.44. The van der Waals surface area contributed by atoms with Gasteiger partial charge in [-0.3, -0.25) is 4.79 Å². The summed E-state index contributed by atoms with van der Waals surface area (Å²) >= 11 is 11.1. The molecule has 0 aliphatic carbocycles. The van der Waals surface area contributed by atoms with E-state index in [4.69, 9.17) is 23.2 Å². The van der Waals surface area contributed by atoms with Crippen LogP contribution in [0.5, 0.6) is 0 Å². The lowest BCUT2D eigenvalue weighted by Gasteiger charge is -2.05. The maximum atomic E-state index is 13.0. The molecule has 5 heteroatoms. The summed E-state index contributed by atoms with van der Waals surface area (Å²) in [6, 6.07) is 4.12. The minimum atomic E-state index is -0.596. The zero-order chi connectivity index (χ0) is 11.3. The van der Waals surface area contributed by atoms with E-state index in [0.717, 1.165) is 0 Å². The summed E-state index contributed by atoms with van der Waals surface area (Å²) < 4.78 is 13.0. The van der Waals surface area contributed by atoms with Crippen LogP contribution in [0.25, 0.3) is 0 Å². The molecule has 1 amide bonds. The van der Waals surface area contributed by atoms with Gasteiger partial charge in [-0.15, -0.1) is 11.6 Å². The molecule has 0 aliphatic heterocycles. The number of amides is 1. The molecule has 1 rings (SSSR count). The zero-order valence-electron chi connectivity index (χ0n) is 7.90. The molecule has 0 atom stereocenters. The second kappa shape index (κ2) is 5.93. The molecule has 0 saturated heterocycles. The predicted molar refractivity (Wildman–Crippen MR) is 59.1 cm³/mol. The molecule has 82 valence electrons. The van der Waals surface area contributed by atoms with Crippen LogP contribution in [0.2, 0.25) is 5.02 Å². The Balaban J connectivity index is 2.69. The van der Waals surface area contributed by atoms with E-state index in [0.29, 0.717) is 18.8 Å². The molecule has 0 fully saturated rings. The molecule has 0 aliphatic rings. The number of benzene rings is 1. The highest BCUT2D eigenvalue weighted by atomic mass is 35.5. The van der Waals surface area contributed by atoms with Gasteiger partial charge in [-0.1, -0.05) is 17.7 Å². The maximum absolute atomic E-state index is 13.0. The van der Waals surface area contributed by atoms with Crippen LogP contribution in [0, 0.1) is 5.82 Å². The second-order valence-electron chi connectivity index (χ2n) is 2.90.